The molecule has 9 heteroatoms. The maximum Gasteiger partial charge on any atom is 0.408 e. The van der Waals surface area contributed by atoms with Gasteiger partial charge < -0.3 is 26.3 Å². The molecule has 1 amide bonds. The lowest BCUT2D eigenvalue weighted by Gasteiger charge is -2.22. The summed E-state index contributed by atoms with van der Waals surface area (Å²) in [7, 11) is 0. The highest BCUT2D eigenvalue weighted by Gasteiger charge is 2.34. The number of amides is 1. The minimum absolute atomic E-state index is 0. The number of unbranched alkanes of at least 4 members (excludes halogenated alkanes) is 1. The molecule has 2 atom stereocenters. The zero-order valence-electron chi connectivity index (χ0n) is 19.2. The van der Waals surface area contributed by atoms with Gasteiger partial charge in [-0.1, -0.05) is 60.7 Å². The van der Waals surface area contributed by atoms with Crippen LogP contribution in [0, 0.1) is 5.92 Å². The first-order valence-electron chi connectivity index (χ1n) is 11.2. The van der Waals surface area contributed by atoms with Crippen LogP contribution in [0.1, 0.15) is 36.8 Å². The van der Waals surface area contributed by atoms with Crippen molar-refractivity contribution in [2.75, 3.05) is 13.1 Å². The van der Waals surface area contributed by atoms with Gasteiger partial charge in [0.2, 0.25) is 0 Å². The van der Waals surface area contributed by atoms with Crippen LogP contribution >= 0.6 is 12.4 Å². The zero-order chi connectivity index (χ0) is 23.9. The smallest absolute Gasteiger partial charge is 0.408 e. The van der Waals surface area contributed by atoms with Crippen molar-refractivity contribution in [1.82, 2.24) is 5.32 Å². The molecule has 34 heavy (non-hydrogen) atoms. The Balaban J connectivity index is 0.00000578. The Morgan fingerprint density at radius 1 is 0.765 bits per heavy atom. The fourth-order valence-corrected chi connectivity index (χ4v) is 3.30. The van der Waals surface area contributed by atoms with Gasteiger partial charge in [-0.2, -0.15) is 0 Å². The maximum atomic E-state index is 13.2. The molecule has 0 radical (unpaired) electrons. The van der Waals surface area contributed by atoms with Crippen molar-refractivity contribution < 1.29 is 23.9 Å². The average Bonchev–Trinajstić information content (AvgIpc) is 2.85. The van der Waals surface area contributed by atoms with E-state index in [4.69, 9.17) is 20.9 Å². The number of nitrogens with one attached hydrogen (secondary N) is 1. The summed E-state index contributed by atoms with van der Waals surface area (Å²) in [5.41, 5.74) is 12.9. The van der Waals surface area contributed by atoms with Crippen LogP contribution in [0.2, 0.25) is 0 Å². The van der Waals surface area contributed by atoms with E-state index in [1.807, 2.05) is 60.7 Å². The first-order chi connectivity index (χ1) is 16.0. The first kappa shape index (κ1) is 29.1. The van der Waals surface area contributed by atoms with Crippen molar-refractivity contribution in [2.45, 2.75) is 44.9 Å². The highest BCUT2D eigenvalue weighted by molar-refractivity contribution is 6.02. The molecule has 2 rings (SSSR count). The Kier molecular flexibility index (Phi) is 14.2. The molecule has 2 unspecified atom stereocenters. The lowest BCUT2D eigenvalue weighted by molar-refractivity contribution is -0.154. The molecule has 0 saturated carbocycles. The van der Waals surface area contributed by atoms with E-state index in [1.54, 1.807) is 0 Å². The summed E-state index contributed by atoms with van der Waals surface area (Å²) in [4.78, 5) is 38.3. The van der Waals surface area contributed by atoms with E-state index in [1.165, 1.54) is 0 Å². The quantitative estimate of drug-likeness (QED) is 0.210. The van der Waals surface area contributed by atoms with Gasteiger partial charge in [-0.3, -0.25) is 9.59 Å². The number of ether oxygens (including phenoxy) is 2. The van der Waals surface area contributed by atoms with E-state index in [0.29, 0.717) is 25.8 Å². The van der Waals surface area contributed by atoms with Gasteiger partial charge in [0.25, 0.3) is 0 Å². The average molecular weight is 492 g/mol. The van der Waals surface area contributed by atoms with Gasteiger partial charge in [-0.25, -0.2) is 4.79 Å². The Labute approximate surface area is 206 Å². The van der Waals surface area contributed by atoms with E-state index in [9.17, 15) is 14.4 Å². The number of carbonyl (C=O) groups excluding carboxylic acids is 3. The van der Waals surface area contributed by atoms with Crippen LogP contribution in [0.3, 0.4) is 0 Å². The second-order valence-electron chi connectivity index (χ2n) is 7.67. The lowest BCUT2D eigenvalue weighted by Crippen LogP contribution is -2.46. The monoisotopic (exact) mass is 491 g/mol. The van der Waals surface area contributed by atoms with Crippen molar-refractivity contribution in [3.05, 3.63) is 71.8 Å². The Hall–Kier alpha value is -2.94. The molecule has 0 aliphatic heterocycles. The summed E-state index contributed by atoms with van der Waals surface area (Å²) in [5.74, 6) is -2.17. The maximum absolute atomic E-state index is 13.2. The van der Waals surface area contributed by atoms with Crippen LogP contribution < -0.4 is 16.8 Å². The molecule has 0 saturated heterocycles. The molecule has 0 spiro atoms. The van der Waals surface area contributed by atoms with Crippen LogP contribution in [0.25, 0.3) is 0 Å². The number of carbonyl (C=O) groups is 3. The number of hydrogen-bond donors (Lipinski definition) is 3. The predicted octanol–water partition coefficient (Wildman–Crippen LogP) is 3.11. The number of rotatable bonds is 14. The topological polar surface area (TPSA) is 134 Å². The van der Waals surface area contributed by atoms with E-state index in [0.717, 1.165) is 11.1 Å². The molecule has 2 aromatic rings. The van der Waals surface area contributed by atoms with Crippen LogP contribution in [-0.4, -0.2) is 37.0 Å². The summed E-state index contributed by atoms with van der Waals surface area (Å²) in [6.07, 6.45) is 1.03. The Bertz CT molecular complexity index is 867. The molecule has 0 fully saturated rings. The number of hydrogen-bond acceptors (Lipinski definition) is 7. The van der Waals surface area contributed by atoms with Gasteiger partial charge in [0.1, 0.15) is 19.1 Å². The van der Waals surface area contributed by atoms with E-state index in [2.05, 4.69) is 5.32 Å². The third-order valence-corrected chi connectivity index (χ3v) is 5.10. The second-order valence-corrected chi connectivity index (χ2v) is 7.67. The molecule has 0 heterocycles. The minimum atomic E-state index is -1.07. The number of Topliss-reactive ketones (excluding diaryl/α,β-unsaturated/α-hetero) is 1. The van der Waals surface area contributed by atoms with Crippen LogP contribution in [0.15, 0.2) is 60.7 Å². The highest BCUT2D eigenvalue weighted by Crippen LogP contribution is 2.15. The molecule has 0 aliphatic carbocycles. The fourth-order valence-electron chi connectivity index (χ4n) is 3.30. The van der Waals surface area contributed by atoms with Crippen LogP contribution in [0.5, 0.6) is 0 Å². The summed E-state index contributed by atoms with van der Waals surface area (Å²) < 4.78 is 10.6. The molecule has 0 aliphatic rings. The molecular formula is C25H34ClN3O5. The van der Waals surface area contributed by atoms with Crippen molar-refractivity contribution in [3.8, 4) is 0 Å². The normalized spacial score (nSPS) is 12.1. The zero-order valence-corrected chi connectivity index (χ0v) is 20.0. The van der Waals surface area contributed by atoms with Crippen molar-refractivity contribution in [3.63, 3.8) is 0 Å². The molecule has 2 aromatic carbocycles. The van der Waals surface area contributed by atoms with Gasteiger partial charge in [0.15, 0.2) is 5.78 Å². The minimum Gasteiger partial charge on any atom is -0.460 e. The van der Waals surface area contributed by atoms with Crippen LogP contribution in [-0.2, 0) is 32.3 Å². The Morgan fingerprint density at radius 2 is 1.32 bits per heavy atom. The molecule has 5 N–H and O–H groups in total. The summed E-state index contributed by atoms with van der Waals surface area (Å²) >= 11 is 0. The standard InChI is InChI=1S/C25H33N3O5.ClH/c26-15-8-7-13-22(28-25(31)33-18-20-11-5-2-6-12-20)23(29)21(14-16-27)24(30)32-17-19-9-3-1-4-10-19;/h1-6,9-12,21-22H,7-8,13-18,26-27H2,(H,28,31);1H. The lowest BCUT2D eigenvalue weighted by atomic mass is 9.92. The molecule has 186 valence electrons. The number of benzene rings is 2. The highest BCUT2D eigenvalue weighted by atomic mass is 35.5. The summed E-state index contributed by atoms with van der Waals surface area (Å²) in [6, 6.07) is 17.5. The van der Waals surface area contributed by atoms with Gasteiger partial charge in [-0.05, 0) is 49.9 Å². The summed E-state index contributed by atoms with van der Waals surface area (Å²) in [5, 5.41) is 2.61. The van der Waals surface area contributed by atoms with E-state index in [-0.39, 0.29) is 38.6 Å². The van der Waals surface area contributed by atoms with Crippen molar-refractivity contribution >= 4 is 30.3 Å². The fraction of sp³-hybridized carbons (Fsp3) is 0.400. The Morgan fingerprint density at radius 3 is 1.85 bits per heavy atom. The summed E-state index contributed by atoms with van der Waals surface area (Å²) in [6.45, 7) is 0.718. The van der Waals surface area contributed by atoms with Crippen molar-refractivity contribution in [1.29, 1.82) is 0 Å². The SMILES string of the molecule is Cl.NCCCCC(NC(=O)OCc1ccccc1)C(=O)C(CCN)C(=O)OCc1ccccc1. The van der Waals surface area contributed by atoms with Gasteiger partial charge in [-0.15, -0.1) is 12.4 Å². The molecule has 0 bridgehead atoms. The first-order valence-corrected chi connectivity index (χ1v) is 11.2. The molecular weight excluding hydrogens is 458 g/mol. The van der Waals surface area contributed by atoms with Gasteiger partial charge in [0, 0.05) is 0 Å². The number of halogens is 1. The van der Waals surface area contributed by atoms with E-state index >= 15 is 0 Å². The third kappa shape index (κ3) is 10.3. The second kappa shape index (κ2) is 16.6. The largest absolute Gasteiger partial charge is 0.460 e. The van der Waals surface area contributed by atoms with E-state index < -0.39 is 29.8 Å². The number of nitrogens with two attached hydrogens (primary N) is 2. The van der Waals surface area contributed by atoms with Crippen LogP contribution in [0.4, 0.5) is 4.79 Å². The molecule has 0 aromatic heterocycles. The third-order valence-electron chi connectivity index (χ3n) is 5.10. The van der Waals surface area contributed by atoms with Gasteiger partial charge >= 0.3 is 12.1 Å². The van der Waals surface area contributed by atoms with Crippen molar-refractivity contribution in [2.24, 2.45) is 17.4 Å². The van der Waals surface area contributed by atoms with Gasteiger partial charge in [0.05, 0.1) is 6.04 Å². The number of alkyl carbamates (subject to hydrolysis) is 1. The predicted molar refractivity (Wildman–Crippen MR) is 132 cm³/mol. The number of esters is 1. The number of ketones is 1. The molecule has 8 nitrogen and oxygen atoms in total.